The Morgan fingerprint density at radius 2 is 1.11 bits per heavy atom. The monoisotopic (exact) mass is 602 g/mol. The van der Waals surface area contributed by atoms with Crippen LogP contribution in [0.1, 0.15) is 38.3 Å². The van der Waals surface area contributed by atoms with E-state index in [2.05, 4.69) is 191 Å². The van der Waals surface area contributed by atoms with E-state index in [1.165, 1.54) is 27.8 Å². The molecule has 0 saturated heterocycles. The lowest BCUT2D eigenvalue weighted by Crippen LogP contribution is -2.27. The molecule has 1 unspecified atom stereocenters. The van der Waals surface area contributed by atoms with Crippen LogP contribution < -0.4 is 9.80 Å². The lowest BCUT2D eigenvalue weighted by molar-refractivity contribution is 0.816. The zero-order chi connectivity index (χ0) is 32.5. The Morgan fingerprint density at radius 1 is 0.609 bits per heavy atom. The van der Waals surface area contributed by atoms with Crippen LogP contribution in [-0.2, 0) is 0 Å². The molecule has 0 amide bonds. The van der Waals surface area contributed by atoms with E-state index < -0.39 is 0 Å². The Bertz CT molecular complexity index is 1740. The second kappa shape index (κ2) is 15.3. The van der Waals surface area contributed by atoms with Gasteiger partial charge in [-0.2, -0.15) is 0 Å². The van der Waals surface area contributed by atoms with E-state index in [0.717, 1.165) is 34.9 Å². The van der Waals surface area contributed by atoms with Gasteiger partial charge in [-0.25, -0.2) is 0 Å². The first-order valence-electron chi connectivity index (χ1n) is 16.3. The van der Waals surface area contributed by atoms with Gasteiger partial charge in [0.05, 0.1) is 6.04 Å². The Balaban J connectivity index is 1.48. The highest BCUT2D eigenvalue weighted by atomic mass is 15.2. The lowest BCUT2D eigenvalue weighted by Gasteiger charge is -2.31. The first-order valence-corrected chi connectivity index (χ1v) is 16.3. The maximum absolute atomic E-state index is 3.92. The van der Waals surface area contributed by atoms with Crippen molar-refractivity contribution in [3.05, 3.63) is 181 Å². The zero-order valence-corrected chi connectivity index (χ0v) is 27.9. The fourth-order valence-electron chi connectivity index (χ4n) is 5.59. The maximum atomic E-state index is 3.92. The summed E-state index contributed by atoms with van der Waals surface area (Å²) in [7, 11) is 0. The first kappa shape index (κ1) is 32.3. The molecule has 0 saturated carbocycles. The molecule has 0 fully saturated rings. The average Bonchev–Trinajstić information content (AvgIpc) is 3.28. The van der Waals surface area contributed by atoms with E-state index in [-0.39, 0.29) is 6.04 Å². The van der Waals surface area contributed by atoms with Crippen molar-refractivity contribution in [1.82, 2.24) is 0 Å². The fraction of sp³-hybridized carbons (Fsp3) is 0.182. The predicted octanol–water partition coefficient (Wildman–Crippen LogP) is 12.4. The number of aryl methyl sites for hydroxylation is 2. The van der Waals surface area contributed by atoms with Crippen LogP contribution in [0.2, 0.25) is 0 Å². The van der Waals surface area contributed by atoms with Crippen molar-refractivity contribution in [2.75, 3.05) is 9.80 Å². The van der Waals surface area contributed by atoms with Gasteiger partial charge in [0.15, 0.2) is 0 Å². The number of anilines is 4. The van der Waals surface area contributed by atoms with Gasteiger partial charge in [0.25, 0.3) is 0 Å². The summed E-state index contributed by atoms with van der Waals surface area (Å²) in [5.74, 6) is 0.460. The summed E-state index contributed by atoms with van der Waals surface area (Å²) >= 11 is 0. The van der Waals surface area contributed by atoms with Crippen molar-refractivity contribution < 1.29 is 0 Å². The largest absolute Gasteiger partial charge is 0.331 e. The third-order valence-electron chi connectivity index (χ3n) is 8.17. The summed E-state index contributed by atoms with van der Waals surface area (Å²) in [6, 6.07) is 35.4. The van der Waals surface area contributed by atoms with Crippen LogP contribution in [0.25, 0.3) is 11.1 Å². The predicted molar refractivity (Wildman–Crippen MR) is 201 cm³/mol. The molecule has 0 aliphatic heterocycles. The maximum Gasteiger partial charge on any atom is 0.0709 e. The molecular weight excluding hydrogens is 556 g/mol. The number of nitrogens with zero attached hydrogens (tertiary/aromatic N) is 2. The first-order chi connectivity index (χ1) is 22.3. The number of rotatable bonds is 11. The molecule has 2 heteroatoms. The Kier molecular flexibility index (Phi) is 10.7. The number of hydrogen-bond donors (Lipinski definition) is 0. The third-order valence-corrected chi connectivity index (χ3v) is 8.17. The van der Waals surface area contributed by atoms with Crippen molar-refractivity contribution in [2.45, 2.75) is 47.1 Å². The van der Waals surface area contributed by atoms with Crippen LogP contribution >= 0.6 is 0 Å². The van der Waals surface area contributed by atoms with E-state index in [4.69, 9.17) is 0 Å². The summed E-state index contributed by atoms with van der Waals surface area (Å²) in [5, 5.41) is 0. The summed E-state index contributed by atoms with van der Waals surface area (Å²) < 4.78 is 0. The Hall–Kier alpha value is -5.08. The summed E-state index contributed by atoms with van der Waals surface area (Å²) in [6.07, 6.45) is 20.5. The fourth-order valence-corrected chi connectivity index (χ4v) is 5.59. The third kappa shape index (κ3) is 8.14. The molecule has 0 spiro atoms. The van der Waals surface area contributed by atoms with Gasteiger partial charge in [-0.1, -0.05) is 128 Å². The standard InChI is InChI=1S/C44H46N2/c1-7-8-11-39(23-13-33(2)3)45(41-25-15-35(5)16-26-41)43-29-19-37(20-30-43)38-21-31-44(32-22-38)46(42-27-17-36(6)18-28-42)40-12-9-10-34(4)14-24-40/h7-9,11-33,39H,1,10H2,2-6H3/b11-8?,23-13-. The molecule has 1 aliphatic carbocycles. The van der Waals surface area contributed by atoms with Gasteiger partial charge in [-0.05, 0) is 105 Å². The van der Waals surface area contributed by atoms with Gasteiger partial charge in [-0.15, -0.1) is 0 Å². The van der Waals surface area contributed by atoms with E-state index in [9.17, 15) is 0 Å². The second-order valence-electron chi connectivity index (χ2n) is 12.4. The minimum absolute atomic E-state index is 0.0481. The van der Waals surface area contributed by atoms with Gasteiger partial charge in [0.1, 0.15) is 0 Å². The minimum Gasteiger partial charge on any atom is -0.331 e. The van der Waals surface area contributed by atoms with Crippen LogP contribution in [0, 0.1) is 19.8 Å². The van der Waals surface area contributed by atoms with Gasteiger partial charge >= 0.3 is 0 Å². The summed E-state index contributed by atoms with van der Waals surface area (Å²) in [5.41, 5.74) is 11.9. The highest BCUT2D eigenvalue weighted by molar-refractivity contribution is 5.76. The highest BCUT2D eigenvalue weighted by Crippen LogP contribution is 2.35. The molecule has 0 N–H and O–H groups in total. The zero-order valence-electron chi connectivity index (χ0n) is 27.9. The van der Waals surface area contributed by atoms with Crippen molar-refractivity contribution in [2.24, 2.45) is 5.92 Å². The van der Waals surface area contributed by atoms with E-state index >= 15 is 0 Å². The van der Waals surface area contributed by atoms with Gasteiger partial charge in [-0.3, -0.25) is 0 Å². The molecule has 2 nitrogen and oxygen atoms in total. The van der Waals surface area contributed by atoms with Crippen molar-refractivity contribution in [3.63, 3.8) is 0 Å². The van der Waals surface area contributed by atoms with Crippen molar-refractivity contribution in [1.29, 1.82) is 0 Å². The molecule has 46 heavy (non-hydrogen) atoms. The number of hydrogen-bond acceptors (Lipinski definition) is 2. The van der Waals surface area contributed by atoms with Crippen LogP contribution in [-0.4, -0.2) is 6.04 Å². The molecular formula is C44H46N2. The average molecular weight is 603 g/mol. The molecule has 1 aliphatic rings. The molecule has 0 aromatic heterocycles. The summed E-state index contributed by atoms with van der Waals surface area (Å²) in [6.45, 7) is 14.8. The lowest BCUT2D eigenvalue weighted by atomic mass is 10.0. The van der Waals surface area contributed by atoms with Crippen LogP contribution in [0.5, 0.6) is 0 Å². The van der Waals surface area contributed by atoms with E-state index in [0.29, 0.717) is 5.92 Å². The van der Waals surface area contributed by atoms with Crippen LogP contribution in [0.4, 0.5) is 22.7 Å². The smallest absolute Gasteiger partial charge is 0.0709 e. The molecule has 4 aromatic rings. The second-order valence-corrected chi connectivity index (χ2v) is 12.4. The molecule has 4 aromatic carbocycles. The van der Waals surface area contributed by atoms with E-state index in [1.54, 1.807) is 0 Å². The van der Waals surface area contributed by atoms with Crippen molar-refractivity contribution in [3.8, 4) is 11.1 Å². The van der Waals surface area contributed by atoms with Gasteiger partial charge < -0.3 is 9.80 Å². The number of benzene rings is 4. The summed E-state index contributed by atoms with van der Waals surface area (Å²) in [4.78, 5) is 4.72. The Morgan fingerprint density at radius 3 is 1.63 bits per heavy atom. The highest BCUT2D eigenvalue weighted by Gasteiger charge is 2.18. The minimum atomic E-state index is 0.0481. The molecule has 1 atom stereocenters. The van der Waals surface area contributed by atoms with Crippen LogP contribution in [0.3, 0.4) is 0 Å². The Labute approximate surface area is 276 Å². The van der Waals surface area contributed by atoms with Gasteiger partial charge in [0, 0.05) is 28.4 Å². The normalized spacial score (nSPS) is 13.9. The van der Waals surface area contributed by atoms with Crippen LogP contribution in [0.15, 0.2) is 170 Å². The molecule has 5 rings (SSSR count). The van der Waals surface area contributed by atoms with Crippen molar-refractivity contribution >= 4 is 22.7 Å². The SMILES string of the molecule is C=CC=CC(/C=C\C(C)C)N(c1ccc(C)cc1)c1ccc(-c2ccc(N(C3=CC=C(C)CC=C3)c3ccc(C)cc3)cc2)cc1. The topological polar surface area (TPSA) is 6.48 Å². The molecule has 0 bridgehead atoms. The molecule has 0 radical (unpaired) electrons. The quantitative estimate of drug-likeness (QED) is 0.124. The molecule has 0 heterocycles. The molecule has 232 valence electrons. The number of allylic oxidation sites excluding steroid dienone is 8. The van der Waals surface area contributed by atoms with E-state index in [1.807, 2.05) is 12.2 Å². The van der Waals surface area contributed by atoms with Gasteiger partial charge in [0.2, 0.25) is 0 Å².